The standard InChI is InChI=1S/C21H21N5O3/c1-14(2)29-10-9-23-20(27)17-7-8-19(24-12-17)26-21(28)18(13-25-26)16-5-3-15(11-22)4-6-16/h3-8,12-14,28H,9-10H2,1-2H3,(H,23,27). The van der Waals surface area contributed by atoms with Crippen LogP contribution in [0.5, 0.6) is 5.88 Å². The van der Waals surface area contributed by atoms with Crippen molar-refractivity contribution in [3.05, 3.63) is 59.9 Å². The van der Waals surface area contributed by atoms with E-state index in [0.29, 0.717) is 35.7 Å². The van der Waals surface area contributed by atoms with Crippen LogP contribution in [0.4, 0.5) is 0 Å². The third-order valence-electron chi connectivity index (χ3n) is 4.13. The summed E-state index contributed by atoms with van der Waals surface area (Å²) in [5, 5.41) is 26.4. The molecule has 1 amide bonds. The Labute approximate surface area is 168 Å². The molecule has 1 aromatic carbocycles. The van der Waals surface area contributed by atoms with Crippen LogP contribution in [0.3, 0.4) is 0 Å². The number of nitriles is 1. The monoisotopic (exact) mass is 391 g/mol. The van der Waals surface area contributed by atoms with E-state index in [9.17, 15) is 9.90 Å². The number of nitrogens with zero attached hydrogens (tertiary/aromatic N) is 4. The van der Waals surface area contributed by atoms with E-state index in [0.717, 1.165) is 5.56 Å². The second kappa shape index (κ2) is 8.99. The number of pyridine rings is 1. The summed E-state index contributed by atoms with van der Waals surface area (Å²) in [5.74, 6) is 0.0479. The van der Waals surface area contributed by atoms with Gasteiger partial charge in [-0.1, -0.05) is 12.1 Å². The molecule has 0 fully saturated rings. The normalized spacial score (nSPS) is 10.7. The lowest BCUT2D eigenvalue weighted by Crippen LogP contribution is -2.28. The van der Waals surface area contributed by atoms with Crippen molar-refractivity contribution in [1.82, 2.24) is 20.1 Å². The SMILES string of the molecule is CC(C)OCCNC(=O)c1ccc(-n2ncc(-c3ccc(C#N)cc3)c2O)nc1. The molecule has 2 N–H and O–H groups in total. The van der Waals surface area contributed by atoms with Gasteiger partial charge in [-0.05, 0) is 43.7 Å². The van der Waals surface area contributed by atoms with Crippen molar-refractivity contribution < 1.29 is 14.6 Å². The number of amides is 1. The predicted molar refractivity (Wildman–Crippen MR) is 107 cm³/mol. The maximum Gasteiger partial charge on any atom is 0.252 e. The molecule has 0 aliphatic heterocycles. The molecule has 8 nitrogen and oxygen atoms in total. The minimum Gasteiger partial charge on any atom is -0.493 e. The number of nitrogens with one attached hydrogen (secondary N) is 1. The Kier molecular flexibility index (Phi) is 6.22. The molecular weight excluding hydrogens is 370 g/mol. The van der Waals surface area contributed by atoms with E-state index in [1.807, 2.05) is 13.8 Å². The zero-order valence-corrected chi connectivity index (χ0v) is 16.2. The van der Waals surface area contributed by atoms with Crippen LogP contribution < -0.4 is 5.32 Å². The highest BCUT2D eigenvalue weighted by Crippen LogP contribution is 2.30. The number of benzene rings is 1. The first-order valence-electron chi connectivity index (χ1n) is 9.13. The highest BCUT2D eigenvalue weighted by Gasteiger charge is 2.14. The van der Waals surface area contributed by atoms with Gasteiger partial charge in [-0.3, -0.25) is 4.79 Å². The number of carbonyl (C=O) groups excluding carboxylic acids is 1. The van der Waals surface area contributed by atoms with Crippen LogP contribution in [-0.2, 0) is 4.74 Å². The fraction of sp³-hybridized carbons (Fsp3) is 0.238. The average Bonchev–Trinajstić information content (AvgIpc) is 3.12. The van der Waals surface area contributed by atoms with E-state index in [2.05, 4.69) is 21.5 Å². The van der Waals surface area contributed by atoms with Crippen LogP contribution in [0.15, 0.2) is 48.8 Å². The van der Waals surface area contributed by atoms with Crippen molar-refractivity contribution in [2.75, 3.05) is 13.2 Å². The molecule has 2 heterocycles. The van der Waals surface area contributed by atoms with E-state index >= 15 is 0 Å². The van der Waals surface area contributed by atoms with Gasteiger partial charge in [0.15, 0.2) is 5.82 Å². The van der Waals surface area contributed by atoms with Crippen LogP contribution in [0.1, 0.15) is 29.8 Å². The lowest BCUT2D eigenvalue weighted by molar-refractivity contribution is 0.0746. The van der Waals surface area contributed by atoms with Crippen molar-refractivity contribution in [3.63, 3.8) is 0 Å². The van der Waals surface area contributed by atoms with Crippen molar-refractivity contribution in [2.24, 2.45) is 0 Å². The molecule has 2 aromatic heterocycles. The Hall–Kier alpha value is -3.70. The van der Waals surface area contributed by atoms with Gasteiger partial charge in [0, 0.05) is 12.7 Å². The second-order valence-electron chi connectivity index (χ2n) is 6.56. The van der Waals surface area contributed by atoms with Gasteiger partial charge in [0.2, 0.25) is 5.88 Å². The van der Waals surface area contributed by atoms with Gasteiger partial charge in [0.25, 0.3) is 5.91 Å². The van der Waals surface area contributed by atoms with Crippen LogP contribution in [-0.4, -0.2) is 45.0 Å². The van der Waals surface area contributed by atoms with Crippen molar-refractivity contribution in [2.45, 2.75) is 20.0 Å². The molecule has 3 rings (SSSR count). The third-order valence-corrected chi connectivity index (χ3v) is 4.13. The first kappa shape index (κ1) is 20.0. The predicted octanol–water partition coefficient (Wildman–Crippen LogP) is 2.67. The molecular formula is C21H21N5O3. The molecule has 0 bridgehead atoms. The minimum absolute atomic E-state index is 0.0785. The number of hydrogen-bond acceptors (Lipinski definition) is 6. The van der Waals surface area contributed by atoms with Crippen molar-refractivity contribution >= 4 is 5.91 Å². The quantitative estimate of drug-likeness (QED) is 0.599. The van der Waals surface area contributed by atoms with Gasteiger partial charge in [-0.2, -0.15) is 15.0 Å². The lowest BCUT2D eigenvalue weighted by atomic mass is 10.1. The van der Waals surface area contributed by atoms with E-state index in [1.54, 1.807) is 36.4 Å². The van der Waals surface area contributed by atoms with E-state index in [4.69, 9.17) is 10.00 Å². The molecule has 0 radical (unpaired) electrons. The molecule has 0 spiro atoms. The molecule has 0 saturated heterocycles. The Morgan fingerprint density at radius 3 is 2.62 bits per heavy atom. The molecule has 0 atom stereocenters. The van der Waals surface area contributed by atoms with Gasteiger partial charge in [-0.15, -0.1) is 0 Å². The lowest BCUT2D eigenvalue weighted by Gasteiger charge is -2.09. The van der Waals surface area contributed by atoms with Crippen molar-refractivity contribution in [1.29, 1.82) is 5.26 Å². The first-order chi connectivity index (χ1) is 14.0. The highest BCUT2D eigenvalue weighted by atomic mass is 16.5. The Bertz CT molecular complexity index is 1020. The minimum atomic E-state index is -0.251. The molecule has 3 aromatic rings. The highest BCUT2D eigenvalue weighted by molar-refractivity contribution is 5.93. The topological polar surface area (TPSA) is 113 Å². The number of hydrogen-bond donors (Lipinski definition) is 2. The van der Waals surface area contributed by atoms with Crippen LogP contribution in [0.25, 0.3) is 16.9 Å². The molecule has 29 heavy (non-hydrogen) atoms. The second-order valence-corrected chi connectivity index (χ2v) is 6.56. The van der Waals surface area contributed by atoms with Gasteiger partial charge in [0.05, 0.1) is 41.7 Å². The third kappa shape index (κ3) is 4.78. The Balaban J connectivity index is 1.71. The fourth-order valence-electron chi connectivity index (χ4n) is 2.64. The summed E-state index contributed by atoms with van der Waals surface area (Å²) in [6, 6.07) is 12.1. The van der Waals surface area contributed by atoms with Crippen LogP contribution in [0.2, 0.25) is 0 Å². The molecule has 0 aliphatic rings. The fourth-order valence-corrected chi connectivity index (χ4v) is 2.64. The molecule has 0 unspecified atom stereocenters. The maximum absolute atomic E-state index is 12.1. The van der Waals surface area contributed by atoms with Crippen LogP contribution in [0, 0.1) is 11.3 Å². The summed E-state index contributed by atoms with van der Waals surface area (Å²) in [6.07, 6.45) is 3.06. The van der Waals surface area contributed by atoms with Crippen LogP contribution >= 0.6 is 0 Å². The Morgan fingerprint density at radius 2 is 2.00 bits per heavy atom. The number of aromatic nitrogens is 3. The zero-order valence-electron chi connectivity index (χ0n) is 16.2. The number of carbonyl (C=O) groups is 1. The maximum atomic E-state index is 12.1. The number of rotatable bonds is 7. The van der Waals surface area contributed by atoms with Crippen molar-refractivity contribution in [3.8, 4) is 28.9 Å². The van der Waals surface area contributed by atoms with E-state index < -0.39 is 0 Å². The first-order valence-corrected chi connectivity index (χ1v) is 9.13. The van der Waals surface area contributed by atoms with E-state index in [1.165, 1.54) is 17.1 Å². The smallest absolute Gasteiger partial charge is 0.252 e. The largest absolute Gasteiger partial charge is 0.493 e. The van der Waals surface area contributed by atoms with E-state index in [-0.39, 0.29) is 17.9 Å². The molecule has 0 saturated carbocycles. The molecule has 0 aliphatic carbocycles. The van der Waals surface area contributed by atoms with Gasteiger partial charge < -0.3 is 15.2 Å². The van der Waals surface area contributed by atoms with Gasteiger partial charge in [-0.25, -0.2) is 4.98 Å². The Morgan fingerprint density at radius 1 is 1.24 bits per heavy atom. The number of ether oxygens (including phenoxy) is 1. The summed E-state index contributed by atoms with van der Waals surface area (Å²) in [6.45, 7) is 4.71. The average molecular weight is 391 g/mol. The summed E-state index contributed by atoms with van der Waals surface area (Å²) in [4.78, 5) is 16.4. The summed E-state index contributed by atoms with van der Waals surface area (Å²) in [7, 11) is 0. The summed E-state index contributed by atoms with van der Waals surface area (Å²) in [5.41, 5.74) is 2.18. The molecule has 8 heteroatoms. The number of aromatic hydroxyl groups is 1. The zero-order chi connectivity index (χ0) is 20.8. The summed E-state index contributed by atoms with van der Waals surface area (Å²) < 4.78 is 6.67. The van der Waals surface area contributed by atoms with Gasteiger partial charge in [0.1, 0.15) is 0 Å². The molecule has 148 valence electrons. The summed E-state index contributed by atoms with van der Waals surface area (Å²) >= 11 is 0. The van der Waals surface area contributed by atoms with Gasteiger partial charge >= 0.3 is 0 Å².